The van der Waals surface area contributed by atoms with E-state index in [1.165, 1.54) is 56.4 Å². The van der Waals surface area contributed by atoms with Crippen molar-refractivity contribution in [2.45, 2.75) is 32.1 Å². The number of para-hydroxylation sites is 1. The molecule has 0 N–H and O–H groups in total. The van der Waals surface area contributed by atoms with Crippen LogP contribution in [0.3, 0.4) is 0 Å². The van der Waals surface area contributed by atoms with Gasteiger partial charge in [0.05, 0.1) is 5.52 Å². The number of hydrogen-bond acceptors (Lipinski definition) is 2. The van der Waals surface area contributed by atoms with Gasteiger partial charge in [-0.25, -0.2) is 0 Å². The van der Waals surface area contributed by atoms with Crippen molar-refractivity contribution in [1.82, 2.24) is 9.88 Å². The first-order valence-electron chi connectivity index (χ1n) is 7.49. The second-order valence-electron chi connectivity index (χ2n) is 5.50. The number of hydrogen-bond donors (Lipinski definition) is 0. The van der Waals surface area contributed by atoms with Gasteiger partial charge in [0.1, 0.15) is 0 Å². The molecule has 3 rings (SSSR count). The fraction of sp³-hybridized carbons (Fsp3) is 0.471. The molecule has 0 spiro atoms. The van der Waals surface area contributed by atoms with Crippen molar-refractivity contribution in [3.8, 4) is 0 Å². The Labute approximate surface area is 115 Å². The average molecular weight is 254 g/mol. The average Bonchev–Trinajstić information content (AvgIpc) is 2.48. The third kappa shape index (κ3) is 3.32. The maximum Gasteiger partial charge on any atom is 0.0705 e. The van der Waals surface area contributed by atoms with Crippen molar-refractivity contribution in [2.75, 3.05) is 19.6 Å². The third-order valence-corrected chi connectivity index (χ3v) is 4.01. The van der Waals surface area contributed by atoms with Gasteiger partial charge in [-0.15, -0.1) is 0 Å². The summed E-state index contributed by atoms with van der Waals surface area (Å²) in [5, 5.41) is 1.24. The lowest BCUT2D eigenvalue weighted by Gasteiger charge is -2.26. The number of fused-ring (bicyclic) bond motifs is 1. The van der Waals surface area contributed by atoms with Gasteiger partial charge in [0.2, 0.25) is 0 Å². The Hall–Kier alpha value is -1.41. The molecule has 0 amide bonds. The molecule has 100 valence electrons. The Bertz CT molecular complexity index is 530. The first-order chi connectivity index (χ1) is 9.42. The van der Waals surface area contributed by atoms with Crippen LogP contribution in [0.5, 0.6) is 0 Å². The topological polar surface area (TPSA) is 16.1 Å². The van der Waals surface area contributed by atoms with E-state index in [0.717, 1.165) is 11.9 Å². The van der Waals surface area contributed by atoms with Gasteiger partial charge in [-0.2, -0.15) is 0 Å². The highest BCUT2D eigenvalue weighted by Crippen LogP contribution is 2.14. The Morgan fingerprint density at radius 3 is 2.68 bits per heavy atom. The second-order valence-corrected chi connectivity index (χ2v) is 5.50. The van der Waals surface area contributed by atoms with E-state index in [9.17, 15) is 0 Å². The van der Waals surface area contributed by atoms with Gasteiger partial charge in [0, 0.05) is 11.1 Å². The zero-order valence-electron chi connectivity index (χ0n) is 11.5. The molecule has 1 aromatic heterocycles. The lowest BCUT2D eigenvalue weighted by molar-refractivity contribution is 0.226. The highest BCUT2D eigenvalue weighted by Gasteiger charge is 2.09. The molecule has 2 heterocycles. The molecular formula is C17H22N2. The predicted molar refractivity (Wildman–Crippen MR) is 80.4 cm³/mol. The maximum atomic E-state index is 4.74. The van der Waals surface area contributed by atoms with E-state index < -0.39 is 0 Å². The summed E-state index contributed by atoms with van der Waals surface area (Å²) in [7, 11) is 0. The van der Waals surface area contributed by atoms with Gasteiger partial charge in [0.25, 0.3) is 0 Å². The summed E-state index contributed by atoms with van der Waals surface area (Å²) in [6.45, 7) is 3.82. The minimum atomic E-state index is 1.10. The number of likely N-dealkylation sites (tertiary alicyclic amines) is 1. The van der Waals surface area contributed by atoms with Crippen LogP contribution in [0.4, 0.5) is 0 Å². The number of aromatic nitrogens is 1. The summed E-state index contributed by atoms with van der Waals surface area (Å²) in [5.41, 5.74) is 2.36. The zero-order valence-corrected chi connectivity index (χ0v) is 11.5. The highest BCUT2D eigenvalue weighted by molar-refractivity contribution is 5.78. The lowest BCUT2D eigenvalue weighted by Crippen LogP contribution is -2.30. The standard InChI is InChI=1S/C17H22N2/c1-4-12-19(13-5-1)14-6-8-16-11-10-15-7-2-3-9-17(15)18-16/h2-3,7,9-11H,1,4-6,8,12-14H2. The molecule has 0 atom stereocenters. The highest BCUT2D eigenvalue weighted by atomic mass is 15.1. The quantitative estimate of drug-likeness (QED) is 0.828. The smallest absolute Gasteiger partial charge is 0.0705 e. The van der Waals surface area contributed by atoms with E-state index in [1.807, 2.05) is 0 Å². The van der Waals surface area contributed by atoms with Crippen LogP contribution >= 0.6 is 0 Å². The second kappa shape index (κ2) is 6.16. The molecule has 2 nitrogen and oxygen atoms in total. The fourth-order valence-corrected chi connectivity index (χ4v) is 2.91. The van der Waals surface area contributed by atoms with Gasteiger partial charge >= 0.3 is 0 Å². The number of benzene rings is 1. The lowest BCUT2D eigenvalue weighted by atomic mass is 10.1. The van der Waals surface area contributed by atoms with Crippen molar-refractivity contribution in [3.05, 3.63) is 42.1 Å². The number of piperidine rings is 1. The molecule has 0 unspecified atom stereocenters. The first kappa shape index (κ1) is 12.6. The first-order valence-corrected chi connectivity index (χ1v) is 7.49. The van der Waals surface area contributed by atoms with E-state index in [0.29, 0.717) is 0 Å². The molecule has 2 heteroatoms. The molecule has 0 radical (unpaired) electrons. The molecule has 19 heavy (non-hydrogen) atoms. The summed E-state index contributed by atoms with van der Waals surface area (Å²) in [4.78, 5) is 7.34. The van der Waals surface area contributed by atoms with Crippen LogP contribution in [0.1, 0.15) is 31.4 Å². The molecule has 1 fully saturated rings. The normalized spacial score (nSPS) is 16.8. The number of nitrogens with zero attached hydrogens (tertiary/aromatic N) is 2. The van der Waals surface area contributed by atoms with Gasteiger partial charge in [-0.3, -0.25) is 4.98 Å². The molecule has 1 saturated heterocycles. The van der Waals surface area contributed by atoms with Gasteiger partial charge in [0.15, 0.2) is 0 Å². The Kier molecular flexibility index (Phi) is 4.09. The van der Waals surface area contributed by atoms with E-state index in [2.05, 4.69) is 41.3 Å². The van der Waals surface area contributed by atoms with Crippen molar-refractivity contribution in [3.63, 3.8) is 0 Å². The largest absolute Gasteiger partial charge is 0.303 e. The molecule has 0 bridgehead atoms. The van der Waals surface area contributed by atoms with Crippen LogP contribution in [-0.2, 0) is 6.42 Å². The van der Waals surface area contributed by atoms with Gasteiger partial charge in [-0.1, -0.05) is 30.7 Å². The molecule has 2 aromatic rings. The summed E-state index contributed by atoms with van der Waals surface area (Å²) in [6, 6.07) is 12.7. The van der Waals surface area contributed by atoms with Crippen LogP contribution in [-0.4, -0.2) is 29.5 Å². The van der Waals surface area contributed by atoms with Gasteiger partial charge < -0.3 is 4.90 Å². The van der Waals surface area contributed by atoms with Crippen LogP contribution in [0.15, 0.2) is 36.4 Å². The number of pyridine rings is 1. The SMILES string of the molecule is c1ccc2nc(CCCN3CCCCC3)ccc2c1. The van der Waals surface area contributed by atoms with Crippen molar-refractivity contribution in [1.29, 1.82) is 0 Å². The van der Waals surface area contributed by atoms with Gasteiger partial charge in [-0.05, 0) is 57.5 Å². The molecular weight excluding hydrogens is 232 g/mol. The van der Waals surface area contributed by atoms with E-state index in [1.54, 1.807) is 0 Å². The maximum absolute atomic E-state index is 4.74. The summed E-state index contributed by atoms with van der Waals surface area (Å²) < 4.78 is 0. The molecule has 0 saturated carbocycles. The molecule has 1 aliphatic heterocycles. The predicted octanol–water partition coefficient (Wildman–Crippen LogP) is 3.65. The van der Waals surface area contributed by atoms with E-state index >= 15 is 0 Å². The van der Waals surface area contributed by atoms with Crippen molar-refractivity contribution >= 4 is 10.9 Å². The minimum absolute atomic E-state index is 1.10. The van der Waals surface area contributed by atoms with Crippen LogP contribution in [0.25, 0.3) is 10.9 Å². The monoisotopic (exact) mass is 254 g/mol. The van der Waals surface area contributed by atoms with Crippen molar-refractivity contribution < 1.29 is 0 Å². The molecule has 1 aromatic carbocycles. The zero-order chi connectivity index (χ0) is 12.9. The minimum Gasteiger partial charge on any atom is -0.303 e. The Morgan fingerprint density at radius 1 is 0.947 bits per heavy atom. The van der Waals surface area contributed by atoms with E-state index in [4.69, 9.17) is 4.98 Å². The fourth-order valence-electron chi connectivity index (χ4n) is 2.91. The number of aryl methyl sites for hydroxylation is 1. The van der Waals surface area contributed by atoms with Crippen LogP contribution in [0.2, 0.25) is 0 Å². The molecule has 1 aliphatic rings. The third-order valence-electron chi connectivity index (χ3n) is 4.01. The van der Waals surface area contributed by atoms with Crippen LogP contribution < -0.4 is 0 Å². The summed E-state index contributed by atoms with van der Waals surface area (Å²) in [5.74, 6) is 0. The summed E-state index contributed by atoms with van der Waals surface area (Å²) in [6.07, 6.45) is 6.51. The Morgan fingerprint density at radius 2 is 1.79 bits per heavy atom. The van der Waals surface area contributed by atoms with E-state index in [-0.39, 0.29) is 0 Å². The van der Waals surface area contributed by atoms with Crippen LogP contribution in [0, 0.1) is 0 Å². The van der Waals surface area contributed by atoms with Crippen molar-refractivity contribution in [2.24, 2.45) is 0 Å². The Balaban J connectivity index is 1.56. The summed E-state index contributed by atoms with van der Waals surface area (Å²) >= 11 is 0. The number of rotatable bonds is 4. The molecule has 0 aliphatic carbocycles.